The van der Waals surface area contributed by atoms with Gasteiger partial charge in [0.2, 0.25) is 0 Å². The Morgan fingerprint density at radius 1 is 1.41 bits per heavy atom. The van der Waals surface area contributed by atoms with E-state index in [4.69, 9.17) is 5.84 Å². The largest absolute Gasteiger partial charge is 0.353 e. The molecule has 0 spiro atoms. The number of nitrogens with two attached hydrogens (primary N) is 1. The molecule has 1 aliphatic heterocycles. The summed E-state index contributed by atoms with van der Waals surface area (Å²) < 4.78 is 0.844. The van der Waals surface area contributed by atoms with Gasteiger partial charge in [0.25, 0.3) is 0 Å². The number of anilines is 2. The van der Waals surface area contributed by atoms with E-state index in [1.165, 1.54) is 25.7 Å². The first kappa shape index (κ1) is 12.6. The zero-order valence-electron chi connectivity index (χ0n) is 9.99. The van der Waals surface area contributed by atoms with Gasteiger partial charge in [-0.25, -0.2) is 15.8 Å². The lowest BCUT2D eigenvalue weighted by atomic mass is 10.1. The zero-order chi connectivity index (χ0) is 12.3. The summed E-state index contributed by atoms with van der Waals surface area (Å²) in [4.78, 5) is 10.8. The third-order valence-electron chi connectivity index (χ3n) is 3.23. The SMILES string of the molecule is CC1CCCCCN1c1ncnc(NN)c1Br. The maximum absolute atomic E-state index is 5.43. The van der Waals surface area contributed by atoms with E-state index >= 15 is 0 Å². The van der Waals surface area contributed by atoms with Gasteiger partial charge in [-0.05, 0) is 35.7 Å². The van der Waals surface area contributed by atoms with Crippen LogP contribution in [0.25, 0.3) is 0 Å². The van der Waals surface area contributed by atoms with Gasteiger partial charge in [-0.15, -0.1) is 0 Å². The molecule has 1 saturated heterocycles. The van der Waals surface area contributed by atoms with Crippen LogP contribution >= 0.6 is 15.9 Å². The maximum Gasteiger partial charge on any atom is 0.159 e. The summed E-state index contributed by atoms with van der Waals surface area (Å²) in [6.45, 7) is 3.29. The fourth-order valence-corrected chi connectivity index (χ4v) is 2.80. The third-order valence-corrected chi connectivity index (χ3v) is 3.96. The number of nitrogens with one attached hydrogen (secondary N) is 1. The van der Waals surface area contributed by atoms with Gasteiger partial charge in [-0.1, -0.05) is 12.8 Å². The van der Waals surface area contributed by atoms with Crippen LogP contribution < -0.4 is 16.2 Å². The van der Waals surface area contributed by atoms with Gasteiger partial charge in [0.05, 0.1) is 0 Å². The van der Waals surface area contributed by atoms with E-state index < -0.39 is 0 Å². The number of hydrogen-bond acceptors (Lipinski definition) is 5. The summed E-state index contributed by atoms with van der Waals surface area (Å²) in [7, 11) is 0. The molecule has 0 radical (unpaired) electrons. The van der Waals surface area contributed by atoms with Crippen LogP contribution in [0, 0.1) is 0 Å². The Morgan fingerprint density at radius 3 is 3.00 bits per heavy atom. The molecule has 0 saturated carbocycles. The second-order valence-corrected chi connectivity index (χ2v) is 5.19. The number of rotatable bonds is 2. The third kappa shape index (κ3) is 2.69. The first-order chi connectivity index (χ1) is 8.24. The van der Waals surface area contributed by atoms with Gasteiger partial charge < -0.3 is 10.3 Å². The van der Waals surface area contributed by atoms with Gasteiger partial charge in [0, 0.05) is 12.6 Å². The van der Waals surface area contributed by atoms with Crippen molar-refractivity contribution in [2.45, 2.75) is 38.6 Å². The highest BCUT2D eigenvalue weighted by Crippen LogP contribution is 2.32. The molecule has 3 N–H and O–H groups in total. The van der Waals surface area contributed by atoms with Crippen molar-refractivity contribution in [3.63, 3.8) is 0 Å². The number of nitrogens with zero attached hydrogens (tertiary/aromatic N) is 3. The van der Waals surface area contributed by atoms with E-state index in [9.17, 15) is 0 Å². The highest BCUT2D eigenvalue weighted by molar-refractivity contribution is 9.10. The normalized spacial score (nSPS) is 21.1. The Hall–Kier alpha value is -0.880. The van der Waals surface area contributed by atoms with Crippen LogP contribution in [0.15, 0.2) is 10.8 Å². The topological polar surface area (TPSA) is 67.1 Å². The van der Waals surface area contributed by atoms with Gasteiger partial charge >= 0.3 is 0 Å². The molecule has 6 heteroatoms. The highest BCUT2D eigenvalue weighted by atomic mass is 79.9. The molecule has 0 amide bonds. The van der Waals surface area contributed by atoms with E-state index in [0.29, 0.717) is 11.9 Å². The van der Waals surface area contributed by atoms with E-state index in [1.807, 2.05) is 0 Å². The monoisotopic (exact) mass is 299 g/mol. The highest BCUT2D eigenvalue weighted by Gasteiger charge is 2.21. The summed E-state index contributed by atoms with van der Waals surface area (Å²) in [6, 6.07) is 0.509. The molecule has 0 aromatic carbocycles. The van der Waals surface area contributed by atoms with Crippen molar-refractivity contribution in [3.8, 4) is 0 Å². The van der Waals surface area contributed by atoms with Crippen molar-refractivity contribution >= 4 is 27.6 Å². The van der Waals surface area contributed by atoms with Crippen LogP contribution in [-0.2, 0) is 0 Å². The average molecular weight is 300 g/mol. The summed E-state index contributed by atoms with van der Waals surface area (Å²) in [5.41, 5.74) is 2.58. The summed E-state index contributed by atoms with van der Waals surface area (Å²) >= 11 is 3.52. The Bertz CT molecular complexity index is 384. The number of halogens is 1. The second-order valence-electron chi connectivity index (χ2n) is 4.40. The Kier molecular flexibility index (Phi) is 4.17. The van der Waals surface area contributed by atoms with Gasteiger partial charge in [-0.2, -0.15) is 0 Å². The molecular weight excluding hydrogens is 282 g/mol. The van der Waals surface area contributed by atoms with Crippen LogP contribution in [0.3, 0.4) is 0 Å². The minimum Gasteiger partial charge on any atom is -0.353 e. The molecule has 1 unspecified atom stereocenters. The molecule has 2 heterocycles. The van der Waals surface area contributed by atoms with E-state index in [1.54, 1.807) is 6.33 Å². The first-order valence-electron chi connectivity index (χ1n) is 5.97. The molecular formula is C11H18BrN5. The van der Waals surface area contributed by atoms with Gasteiger partial charge in [0.15, 0.2) is 5.82 Å². The number of aromatic nitrogens is 2. The maximum atomic E-state index is 5.43. The average Bonchev–Trinajstić information content (AvgIpc) is 2.55. The number of nitrogen functional groups attached to an aromatic ring is 1. The molecule has 5 nitrogen and oxygen atoms in total. The van der Waals surface area contributed by atoms with Gasteiger partial charge in [-0.3, -0.25) is 0 Å². The lowest BCUT2D eigenvalue weighted by molar-refractivity contribution is 0.610. The molecule has 0 bridgehead atoms. The number of hydrazine groups is 1. The minimum absolute atomic E-state index is 0.509. The van der Waals surface area contributed by atoms with Crippen molar-refractivity contribution in [1.29, 1.82) is 0 Å². The smallest absolute Gasteiger partial charge is 0.159 e. The molecule has 1 aliphatic rings. The molecule has 1 fully saturated rings. The first-order valence-corrected chi connectivity index (χ1v) is 6.77. The van der Waals surface area contributed by atoms with E-state index in [-0.39, 0.29) is 0 Å². The van der Waals surface area contributed by atoms with Crippen molar-refractivity contribution in [2.75, 3.05) is 16.9 Å². The van der Waals surface area contributed by atoms with E-state index in [0.717, 1.165) is 16.8 Å². The minimum atomic E-state index is 0.509. The van der Waals surface area contributed by atoms with Crippen LogP contribution in [0.4, 0.5) is 11.6 Å². The molecule has 1 aromatic heterocycles. The van der Waals surface area contributed by atoms with Crippen LogP contribution in [0.2, 0.25) is 0 Å². The van der Waals surface area contributed by atoms with Crippen molar-refractivity contribution < 1.29 is 0 Å². The van der Waals surface area contributed by atoms with Crippen molar-refractivity contribution in [1.82, 2.24) is 9.97 Å². The lowest BCUT2D eigenvalue weighted by Crippen LogP contribution is -2.33. The molecule has 2 rings (SSSR count). The zero-order valence-corrected chi connectivity index (χ0v) is 11.6. The fraction of sp³-hybridized carbons (Fsp3) is 0.636. The Labute approximate surface area is 110 Å². The van der Waals surface area contributed by atoms with Crippen LogP contribution in [-0.4, -0.2) is 22.6 Å². The van der Waals surface area contributed by atoms with Gasteiger partial charge in [0.1, 0.15) is 16.6 Å². The second kappa shape index (κ2) is 5.64. The molecule has 0 aliphatic carbocycles. The lowest BCUT2D eigenvalue weighted by Gasteiger charge is -2.29. The standard InChI is InChI=1S/C11H18BrN5/c1-8-5-3-2-4-6-17(8)11-9(12)10(16-13)14-7-15-11/h7-8H,2-6,13H2,1H3,(H,14,15,16). The molecule has 1 aromatic rings. The summed E-state index contributed by atoms with van der Waals surface area (Å²) in [6.07, 6.45) is 6.56. The van der Waals surface area contributed by atoms with Crippen molar-refractivity contribution in [2.24, 2.45) is 5.84 Å². The Balaban J connectivity index is 2.31. The fourth-order valence-electron chi connectivity index (χ4n) is 2.25. The Morgan fingerprint density at radius 2 is 2.24 bits per heavy atom. The summed E-state index contributed by atoms with van der Waals surface area (Å²) in [5, 5.41) is 0. The summed E-state index contributed by atoms with van der Waals surface area (Å²) in [5.74, 6) is 6.99. The number of hydrogen-bond donors (Lipinski definition) is 2. The predicted molar refractivity (Wildman–Crippen MR) is 72.8 cm³/mol. The van der Waals surface area contributed by atoms with Crippen LogP contribution in [0.5, 0.6) is 0 Å². The predicted octanol–water partition coefficient (Wildman–Crippen LogP) is 2.29. The molecule has 94 valence electrons. The van der Waals surface area contributed by atoms with Crippen LogP contribution in [0.1, 0.15) is 32.6 Å². The van der Waals surface area contributed by atoms with Crippen molar-refractivity contribution in [3.05, 3.63) is 10.8 Å². The quantitative estimate of drug-likeness (QED) is 0.648. The molecule has 1 atom stereocenters. The van der Waals surface area contributed by atoms with E-state index in [2.05, 4.69) is 43.1 Å². The molecule has 17 heavy (non-hydrogen) atoms.